The number of aromatic carboxylic acids is 1. The van der Waals surface area contributed by atoms with Gasteiger partial charge in [-0.3, -0.25) is 0 Å². The van der Waals surface area contributed by atoms with Crippen molar-refractivity contribution < 1.29 is 19.4 Å². The van der Waals surface area contributed by atoms with Gasteiger partial charge in [-0.15, -0.1) is 0 Å². The predicted molar refractivity (Wildman–Crippen MR) is 119 cm³/mol. The highest BCUT2D eigenvalue weighted by atomic mass is 35.5. The van der Waals surface area contributed by atoms with E-state index in [9.17, 15) is 4.79 Å². The van der Waals surface area contributed by atoms with Gasteiger partial charge in [-0.2, -0.15) is 0 Å². The van der Waals surface area contributed by atoms with Gasteiger partial charge in [-0.25, -0.2) is 4.79 Å². The van der Waals surface area contributed by atoms with Crippen LogP contribution in [0.1, 0.15) is 28.4 Å². The molecule has 5 nitrogen and oxygen atoms in total. The molecule has 0 saturated carbocycles. The number of ether oxygens (including phenoxy) is 2. The van der Waals surface area contributed by atoms with Gasteiger partial charge < -0.3 is 19.9 Å². The van der Waals surface area contributed by atoms with Crippen LogP contribution in [-0.4, -0.2) is 17.7 Å². The molecule has 0 aliphatic heterocycles. The summed E-state index contributed by atoms with van der Waals surface area (Å²) in [7, 11) is 0. The molecule has 3 rings (SSSR count). The van der Waals surface area contributed by atoms with Crippen molar-refractivity contribution in [2.24, 2.45) is 0 Å². The molecule has 0 unspecified atom stereocenters. The number of hydrogen-bond donors (Lipinski definition) is 2. The third-order valence-corrected chi connectivity index (χ3v) is 4.95. The lowest BCUT2D eigenvalue weighted by atomic mass is 10.1. The molecule has 3 aromatic carbocycles. The van der Waals surface area contributed by atoms with E-state index < -0.39 is 5.97 Å². The van der Waals surface area contributed by atoms with Crippen LogP contribution < -0.4 is 14.8 Å². The van der Waals surface area contributed by atoms with Gasteiger partial charge in [-0.05, 0) is 48.9 Å². The molecule has 0 atom stereocenters. The summed E-state index contributed by atoms with van der Waals surface area (Å²) in [5.74, 6) is 0.0172. The van der Waals surface area contributed by atoms with Gasteiger partial charge in [0.15, 0.2) is 11.5 Å². The minimum atomic E-state index is -0.972. The second-order valence-electron chi connectivity index (χ2n) is 6.46. The van der Waals surface area contributed by atoms with E-state index in [0.29, 0.717) is 40.4 Å². The summed E-state index contributed by atoms with van der Waals surface area (Å²) >= 11 is 12.7. The molecule has 0 spiro atoms. The zero-order valence-electron chi connectivity index (χ0n) is 16.3. The fourth-order valence-corrected chi connectivity index (χ4v) is 3.34. The Kier molecular flexibility index (Phi) is 7.44. The molecule has 2 N–H and O–H groups in total. The first kappa shape index (κ1) is 21.8. The number of hydrogen-bond acceptors (Lipinski definition) is 4. The standard InChI is InChI=1S/C23H21Cl2NO4/c1-2-29-21-11-15(13-26-18-8-5-7-16(12-18)23(27)28)10-20(25)22(21)30-14-17-6-3-4-9-19(17)24/h3-12,26H,2,13-14H2,1H3,(H,27,28). The fourth-order valence-electron chi connectivity index (χ4n) is 2.86. The summed E-state index contributed by atoms with van der Waals surface area (Å²) in [5, 5.41) is 13.4. The van der Waals surface area contributed by atoms with E-state index in [1.807, 2.05) is 31.2 Å². The van der Waals surface area contributed by atoms with Gasteiger partial charge in [-0.1, -0.05) is 47.5 Å². The van der Waals surface area contributed by atoms with Crippen molar-refractivity contribution in [1.29, 1.82) is 0 Å². The summed E-state index contributed by atoms with van der Waals surface area (Å²) < 4.78 is 11.7. The highest BCUT2D eigenvalue weighted by molar-refractivity contribution is 6.32. The van der Waals surface area contributed by atoms with Crippen LogP contribution in [0.4, 0.5) is 5.69 Å². The lowest BCUT2D eigenvalue weighted by molar-refractivity contribution is 0.0697. The third-order valence-electron chi connectivity index (χ3n) is 4.31. The number of carbonyl (C=O) groups is 1. The summed E-state index contributed by atoms with van der Waals surface area (Å²) in [6.07, 6.45) is 0. The molecule has 3 aromatic rings. The zero-order chi connectivity index (χ0) is 21.5. The maximum Gasteiger partial charge on any atom is 0.335 e. The van der Waals surface area contributed by atoms with E-state index in [0.717, 1.165) is 11.1 Å². The SMILES string of the molecule is CCOc1cc(CNc2cccc(C(=O)O)c2)cc(Cl)c1OCc1ccccc1Cl. The van der Waals surface area contributed by atoms with Gasteiger partial charge in [0.05, 0.1) is 17.2 Å². The Bertz CT molecular complexity index is 1040. The van der Waals surface area contributed by atoms with Crippen LogP contribution in [0.2, 0.25) is 10.0 Å². The molecular weight excluding hydrogens is 425 g/mol. The van der Waals surface area contributed by atoms with Crippen LogP contribution in [0.15, 0.2) is 60.7 Å². The van der Waals surface area contributed by atoms with E-state index in [1.54, 1.807) is 36.4 Å². The van der Waals surface area contributed by atoms with Gasteiger partial charge in [0.2, 0.25) is 0 Å². The second-order valence-corrected chi connectivity index (χ2v) is 7.27. The second kappa shape index (κ2) is 10.2. The normalized spacial score (nSPS) is 10.5. The largest absolute Gasteiger partial charge is 0.490 e. The highest BCUT2D eigenvalue weighted by Gasteiger charge is 2.14. The van der Waals surface area contributed by atoms with Crippen molar-refractivity contribution in [1.82, 2.24) is 0 Å². The molecule has 30 heavy (non-hydrogen) atoms. The van der Waals surface area contributed by atoms with Crippen LogP contribution in [0, 0.1) is 0 Å². The molecular formula is C23H21Cl2NO4. The fraction of sp³-hybridized carbons (Fsp3) is 0.174. The summed E-state index contributed by atoms with van der Waals surface area (Å²) in [4.78, 5) is 11.1. The number of benzene rings is 3. The van der Waals surface area contributed by atoms with Crippen molar-refractivity contribution in [3.63, 3.8) is 0 Å². The minimum Gasteiger partial charge on any atom is -0.490 e. The Morgan fingerprint density at radius 2 is 1.80 bits per heavy atom. The van der Waals surface area contributed by atoms with Gasteiger partial charge in [0, 0.05) is 22.8 Å². The van der Waals surface area contributed by atoms with Crippen LogP contribution in [0.3, 0.4) is 0 Å². The Morgan fingerprint density at radius 3 is 2.53 bits per heavy atom. The van der Waals surface area contributed by atoms with Crippen LogP contribution in [-0.2, 0) is 13.2 Å². The molecule has 156 valence electrons. The molecule has 0 heterocycles. The van der Waals surface area contributed by atoms with E-state index >= 15 is 0 Å². The van der Waals surface area contributed by atoms with Crippen LogP contribution in [0.25, 0.3) is 0 Å². The van der Waals surface area contributed by atoms with Crippen molar-refractivity contribution >= 4 is 34.9 Å². The van der Waals surface area contributed by atoms with E-state index in [1.165, 1.54) is 0 Å². The summed E-state index contributed by atoms with van der Waals surface area (Å²) in [6, 6.07) is 17.7. The van der Waals surface area contributed by atoms with Gasteiger partial charge >= 0.3 is 5.97 Å². The molecule has 0 aliphatic carbocycles. The quantitative estimate of drug-likeness (QED) is 0.405. The van der Waals surface area contributed by atoms with E-state index in [-0.39, 0.29) is 12.2 Å². The summed E-state index contributed by atoms with van der Waals surface area (Å²) in [6.45, 7) is 3.04. The van der Waals surface area contributed by atoms with Gasteiger partial charge in [0.25, 0.3) is 0 Å². The lowest BCUT2D eigenvalue weighted by Gasteiger charge is -2.16. The van der Waals surface area contributed by atoms with Crippen molar-refractivity contribution in [3.8, 4) is 11.5 Å². The van der Waals surface area contributed by atoms with Crippen molar-refractivity contribution in [3.05, 3.63) is 87.4 Å². The monoisotopic (exact) mass is 445 g/mol. The Labute approximate surface area is 185 Å². The first-order chi connectivity index (χ1) is 14.5. The molecule has 0 saturated heterocycles. The molecule has 0 aromatic heterocycles. The van der Waals surface area contributed by atoms with Crippen molar-refractivity contribution in [2.75, 3.05) is 11.9 Å². The molecule has 0 bridgehead atoms. The number of nitrogens with one attached hydrogen (secondary N) is 1. The number of carboxylic acid groups (broad SMARTS) is 1. The number of carboxylic acids is 1. The third kappa shape index (κ3) is 5.59. The molecule has 0 aliphatic rings. The van der Waals surface area contributed by atoms with Crippen LogP contribution in [0.5, 0.6) is 11.5 Å². The summed E-state index contributed by atoms with van der Waals surface area (Å²) in [5.41, 5.74) is 2.63. The average Bonchev–Trinajstić information content (AvgIpc) is 2.73. The highest BCUT2D eigenvalue weighted by Crippen LogP contribution is 2.37. The van der Waals surface area contributed by atoms with E-state index in [4.69, 9.17) is 37.8 Å². The maximum absolute atomic E-state index is 11.1. The van der Waals surface area contributed by atoms with E-state index in [2.05, 4.69) is 5.32 Å². The average molecular weight is 446 g/mol. The predicted octanol–water partition coefficient (Wildman–Crippen LogP) is 6.28. The Morgan fingerprint density at radius 1 is 1.00 bits per heavy atom. The first-order valence-corrected chi connectivity index (χ1v) is 10.1. The first-order valence-electron chi connectivity index (χ1n) is 9.36. The molecule has 7 heteroatoms. The zero-order valence-corrected chi connectivity index (χ0v) is 17.8. The number of halogens is 2. The molecule has 0 amide bonds. The van der Waals surface area contributed by atoms with Crippen molar-refractivity contribution in [2.45, 2.75) is 20.1 Å². The topological polar surface area (TPSA) is 67.8 Å². The molecule has 0 radical (unpaired) electrons. The Balaban J connectivity index is 1.76. The lowest BCUT2D eigenvalue weighted by Crippen LogP contribution is -2.05. The smallest absolute Gasteiger partial charge is 0.335 e. The Hall–Kier alpha value is -2.89. The van der Waals surface area contributed by atoms with Gasteiger partial charge in [0.1, 0.15) is 6.61 Å². The maximum atomic E-state index is 11.1. The minimum absolute atomic E-state index is 0.219. The molecule has 0 fully saturated rings. The number of anilines is 1. The van der Waals surface area contributed by atoms with Crippen LogP contribution >= 0.6 is 23.2 Å². The number of rotatable bonds is 9.